The second-order valence-electron chi connectivity index (χ2n) is 3.80. The minimum Gasteiger partial charge on any atom is -0.352 e. The summed E-state index contributed by atoms with van der Waals surface area (Å²) in [6.45, 7) is 5.46. The molecule has 0 aliphatic rings. The molecule has 0 aromatic carbocycles. The molecular formula is C11H21N3S. The summed E-state index contributed by atoms with van der Waals surface area (Å²) in [5.74, 6) is 2.12. The molecule has 0 saturated carbocycles. The summed E-state index contributed by atoms with van der Waals surface area (Å²) >= 11 is 1.86. The summed E-state index contributed by atoms with van der Waals surface area (Å²) in [5, 5.41) is 3.43. The number of hydrogen-bond donors (Lipinski definition) is 1. The minimum absolute atomic E-state index is 0.475. The zero-order valence-corrected chi connectivity index (χ0v) is 10.7. The lowest BCUT2D eigenvalue weighted by atomic mass is 10.3. The number of anilines is 1. The van der Waals surface area contributed by atoms with Gasteiger partial charge in [0, 0.05) is 30.7 Å². The molecule has 1 aromatic rings. The van der Waals surface area contributed by atoms with Gasteiger partial charge in [-0.15, -0.1) is 0 Å². The Balaban J connectivity index is 2.48. The van der Waals surface area contributed by atoms with Crippen LogP contribution in [0.4, 0.5) is 5.95 Å². The Morgan fingerprint density at radius 2 is 2.40 bits per heavy atom. The second-order valence-corrected chi connectivity index (χ2v) is 4.71. The molecule has 1 N–H and O–H groups in total. The number of nitrogens with zero attached hydrogens (tertiary/aromatic N) is 2. The van der Waals surface area contributed by atoms with Gasteiger partial charge in [-0.2, -0.15) is 11.8 Å². The summed E-state index contributed by atoms with van der Waals surface area (Å²) in [6, 6.07) is 0.475. The lowest BCUT2D eigenvalue weighted by molar-refractivity contribution is 0.632. The van der Waals surface area contributed by atoms with E-state index in [4.69, 9.17) is 0 Å². The quantitative estimate of drug-likeness (QED) is 0.777. The normalized spacial score (nSPS) is 12.7. The van der Waals surface area contributed by atoms with Crippen LogP contribution in [0.15, 0.2) is 12.4 Å². The third kappa shape index (κ3) is 4.16. The number of rotatable bonds is 7. The van der Waals surface area contributed by atoms with Crippen molar-refractivity contribution in [1.29, 1.82) is 0 Å². The molecule has 0 radical (unpaired) electrons. The maximum absolute atomic E-state index is 4.33. The van der Waals surface area contributed by atoms with Crippen molar-refractivity contribution in [2.75, 3.05) is 17.3 Å². The number of aromatic nitrogens is 2. The van der Waals surface area contributed by atoms with E-state index in [0.717, 1.165) is 18.2 Å². The van der Waals surface area contributed by atoms with Crippen LogP contribution >= 0.6 is 11.8 Å². The largest absolute Gasteiger partial charge is 0.352 e. The number of unbranched alkanes of at least 4 members (excludes halogenated alkanes) is 1. The van der Waals surface area contributed by atoms with Gasteiger partial charge in [0.15, 0.2) is 0 Å². The molecule has 1 rings (SSSR count). The van der Waals surface area contributed by atoms with Gasteiger partial charge in [0.25, 0.3) is 0 Å². The maximum atomic E-state index is 4.33. The Labute approximate surface area is 96.7 Å². The average Bonchev–Trinajstić information content (AvgIpc) is 2.63. The molecule has 1 atom stereocenters. The van der Waals surface area contributed by atoms with Crippen LogP contribution in [0, 0.1) is 0 Å². The number of imidazole rings is 1. The monoisotopic (exact) mass is 227 g/mol. The predicted molar refractivity (Wildman–Crippen MR) is 68.6 cm³/mol. The fraction of sp³-hybridized carbons (Fsp3) is 0.727. The van der Waals surface area contributed by atoms with Crippen molar-refractivity contribution in [1.82, 2.24) is 9.55 Å². The van der Waals surface area contributed by atoms with Crippen LogP contribution < -0.4 is 5.32 Å². The molecule has 1 heterocycles. The summed E-state index contributed by atoms with van der Waals surface area (Å²) in [4.78, 5) is 4.33. The summed E-state index contributed by atoms with van der Waals surface area (Å²) < 4.78 is 2.19. The van der Waals surface area contributed by atoms with E-state index < -0.39 is 0 Å². The molecule has 4 heteroatoms. The van der Waals surface area contributed by atoms with Crippen LogP contribution in [0.5, 0.6) is 0 Å². The molecule has 0 bridgehead atoms. The first kappa shape index (κ1) is 12.4. The molecule has 0 aliphatic carbocycles. The van der Waals surface area contributed by atoms with Crippen molar-refractivity contribution in [3.63, 3.8) is 0 Å². The molecule has 15 heavy (non-hydrogen) atoms. The topological polar surface area (TPSA) is 29.9 Å². The first-order chi connectivity index (χ1) is 7.27. The average molecular weight is 227 g/mol. The maximum Gasteiger partial charge on any atom is 0.203 e. The molecule has 86 valence electrons. The van der Waals surface area contributed by atoms with E-state index in [1.807, 2.05) is 24.2 Å². The van der Waals surface area contributed by atoms with Gasteiger partial charge in [0.2, 0.25) is 5.95 Å². The molecule has 3 nitrogen and oxygen atoms in total. The van der Waals surface area contributed by atoms with Gasteiger partial charge in [-0.1, -0.05) is 13.3 Å². The molecule has 0 aliphatic heterocycles. The first-order valence-electron chi connectivity index (χ1n) is 5.54. The fourth-order valence-corrected chi connectivity index (χ4v) is 2.05. The van der Waals surface area contributed by atoms with E-state index in [1.165, 1.54) is 12.8 Å². The van der Waals surface area contributed by atoms with Gasteiger partial charge in [0.1, 0.15) is 0 Å². The highest BCUT2D eigenvalue weighted by Crippen LogP contribution is 2.09. The Bertz CT molecular complexity index is 273. The molecular weight excluding hydrogens is 206 g/mol. The van der Waals surface area contributed by atoms with E-state index in [1.54, 1.807) is 0 Å². The highest BCUT2D eigenvalue weighted by atomic mass is 32.2. The van der Waals surface area contributed by atoms with Crippen molar-refractivity contribution in [2.45, 2.75) is 39.3 Å². The first-order valence-corrected chi connectivity index (χ1v) is 6.94. The third-order valence-corrected chi connectivity index (χ3v) is 3.09. The van der Waals surface area contributed by atoms with Crippen molar-refractivity contribution >= 4 is 17.7 Å². The molecule has 0 fully saturated rings. The highest BCUT2D eigenvalue weighted by Gasteiger charge is 2.05. The smallest absolute Gasteiger partial charge is 0.203 e. The Kier molecular flexibility index (Phi) is 5.61. The highest BCUT2D eigenvalue weighted by molar-refractivity contribution is 7.98. The van der Waals surface area contributed by atoms with Gasteiger partial charge in [-0.05, 0) is 19.6 Å². The Morgan fingerprint density at radius 3 is 3.07 bits per heavy atom. The van der Waals surface area contributed by atoms with Crippen LogP contribution in [0.25, 0.3) is 0 Å². The van der Waals surface area contributed by atoms with E-state index in [0.29, 0.717) is 6.04 Å². The van der Waals surface area contributed by atoms with Gasteiger partial charge >= 0.3 is 0 Å². The second kappa shape index (κ2) is 6.77. The zero-order valence-electron chi connectivity index (χ0n) is 9.86. The Morgan fingerprint density at radius 1 is 1.60 bits per heavy atom. The molecule has 0 saturated heterocycles. The molecule has 0 spiro atoms. The van der Waals surface area contributed by atoms with Gasteiger partial charge in [0.05, 0.1) is 0 Å². The fourth-order valence-electron chi connectivity index (χ4n) is 1.47. The van der Waals surface area contributed by atoms with E-state index >= 15 is 0 Å². The number of hydrogen-bond acceptors (Lipinski definition) is 3. The standard InChI is InChI=1S/C11H21N3S/c1-4-5-7-14-8-6-12-11(14)13-10(2)9-15-3/h6,8,10H,4-5,7,9H2,1-3H3,(H,12,13). The summed E-state index contributed by atoms with van der Waals surface area (Å²) in [7, 11) is 0. The van der Waals surface area contributed by atoms with Crippen LogP contribution in [0.2, 0.25) is 0 Å². The van der Waals surface area contributed by atoms with Gasteiger partial charge in [-0.3, -0.25) is 0 Å². The number of aryl methyl sites for hydroxylation is 1. The lowest BCUT2D eigenvalue weighted by Gasteiger charge is -2.14. The lowest BCUT2D eigenvalue weighted by Crippen LogP contribution is -2.20. The van der Waals surface area contributed by atoms with Gasteiger partial charge in [-0.25, -0.2) is 4.98 Å². The van der Waals surface area contributed by atoms with Gasteiger partial charge < -0.3 is 9.88 Å². The third-order valence-electron chi connectivity index (χ3n) is 2.26. The van der Waals surface area contributed by atoms with E-state index in [9.17, 15) is 0 Å². The number of nitrogens with one attached hydrogen (secondary N) is 1. The SMILES string of the molecule is CCCCn1ccnc1NC(C)CSC. The van der Waals surface area contributed by atoms with Crippen LogP contribution in [-0.4, -0.2) is 27.6 Å². The molecule has 1 unspecified atom stereocenters. The molecule has 0 amide bonds. The summed E-state index contributed by atoms with van der Waals surface area (Å²) in [5.41, 5.74) is 0. The number of thioether (sulfide) groups is 1. The van der Waals surface area contributed by atoms with Crippen molar-refractivity contribution < 1.29 is 0 Å². The van der Waals surface area contributed by atoms with E-state index in [-0.39, 0.29) is 0 Å². The zero-order chi connectivity index (χ0) is 11.1. The van der Waals surface area contributed by atoms with E-state index in [2.05, 4.69) is 35.0 Å². The Hall–Kier alpha value is -0.640. The van der Waals surface area contributed by atoms with Crippen LogP contribution in [0.3, 0.4) is 0 Å². The summed E-state index contributed by atoms with van der Waals surface area (Å²) in [6.07, 6.45) is 8.47. The van der Waals surface area contributed by atoms with Crippen molar-refractivity contribution in [3.8, 4) is 0 Å². The van der Waals surface area contributed by atoms with Crippen LogP contribution in [-0.2, 0) is 6.54 Å². The van der Waals surface area contributed by atoms with Crippen molar-refractivity contribution in [3.05, 3.63) is 12.4 Å². The predicted octanol–water partition coefficient (Wildman–Crippen LogP) is 2.85. The van der Waals surface area contributed by atoms with Crippen LogP contribution in [0.1, 0.15) is 26.7 Å². The van der Waals surface area contributed by atoms with Crippen molar-refractivity contribution in [2.24, 2.45) is 0 Å². The minimum atomic E-state index is 0.475. The molecule has 1 aromatic heterocycles.